The average molecular weight is 467 g/mol. The molecule has 1 aromatic heterocycles. The van der Waals surface area contributed by atoms with Crippen LogP contribution in [0.1, 0.15) is 27.9 Å². The molecule has 4 nitrogen and oxygen atoms in total. The Balaban J connectivity index is 1.70. The molecule has 0 atom stereocenters. The van der Waals surface area contributed by atoms with E-state index in [4.69, 9.17) is 0 Å². The predicted molar refractivity (Wildman–Crippen MR) is 111 cm³/mol. The number of nitrogens with zero attached hydrogens (tertiary/aromatic N) is 2. The molecule has 2 aromatic carbocycles. The van der Waals surface area contributed by atoms with Crippen molar-refractivity contribution in [3.8, 4) is 11.3 Å². The average Bonchev–Trinajstić information content (AvgIpc) is 3.06. The molecule has 1 amide bonds. The quantitative estimate of drug-likeness (QED) is 0.515. The summed E-state index contributed by atoms with van der Waals surface area (Å²) in [5.74, 6) is -0.141. The van der Waals surface area contributed by atoms with E-state index >= 15 is 0 Å². The lowest BCUT2D eigenvalue weighted by Gasteiger charge is -2.20. The smallest absolute Gasteiger partial charge is 0.337 e. The van der Waals surface area contributed by atoms with Crippen molar-refractivity contribution in [3.63, 3.8) is 0 Å². The number of hydrogen-bond acceptors (Lipinski definition) is 3. The maximum Gasteiger partial charge on any atom is 0.416 e. The summed E-state index contributed by atoms with van der Waals surface area (Å²) >= 11 is 0. The van der Waals surface area contributed by atoms with Crippen molar-refractivity contribution in [2.24, 2.45) is 0 Å². The van der Waals surface area contributed by atoms with Gasteiger partial charge in [-0.25, -0.2) is 4.98 Å². The number of amides is 1. The summed E-state index contributed by atoms with van der Waals surface area (Å²) in [7, 11) is 0. The molecular formula is C23H19F6N3O. The van der Waals surface area contributed by atoms with Crippen LogP contribution in [0.4, 0.5) is 26.3 Å². The van der Waals surface area contributed by atoms with Gasteiger partial charge in [0.25, 0.3) is 5.91 Å². The molecule has 0 aliphatic carbocycles. The molecule has 1 aliphatic rings. The molecule has 2 heterocycles. The number of alkyl halides is 6. The number of carbonyl (C=O) groups is 1. The van der Waals surface area contributed by atoms with Crippen LogP contribution in [0.15, 0.2) is 48.5 Å². The van der Waals surface area contributed by atoms with Gasteiger partial charge in [-0.3, -0.25) is 4.79 Å². The van der Waals surface area contributed by atoms with Gasteiger partial charge >= 0.3 is 12.4 Å². The fraction of sp³-hybridized carbons (Fsp3) is 0.304. The van der Waals surface area contributed by atoms with Crippen molar-refractivity contribution in [3.05, 3.63) is 65.2 Å². The number of benzene rings is 2. The Morgan fingerprint density at radius 1 is 0.848 bits per heavy atom. The van der Waals surface area contributed by atoms with Crippen molar-refractivity contribution in [1.82, 2.24) is 15.2 Å². The Hall–Kier alpha value is -3.14. The fourth-order valence-electron chi connectivity index (χ4n) is 3.75. The Kier molecular flexibility index (Phi) is 6.04. The van der Waals surface area contributed by atoms with Gasteiger partial charge in [0.2, 0.25) is 0 Å². The summed E-state index contributed by atoms with van der Waals surface area (Å²) in [6.07, 6.45) is -9.04. The summed E-state index contributed by atoms with van der Waals surface area (Å²) in [6, 6.07) is 8.99. The van der Waals surface area contributed by atoms with Gasteiger partial charge in [-0.05, 0) is 55.4 Å². The first kappa shape index (κ1) is 23.0. The van der Waals surface area contributed by atoms with E-state index in [9.17, 15) is 31.1 Å². The minimum atomic E-state index is -4.94. The SMILES string of the molecule is O=C(c1ccc2nc(-c3cc(C(F)(F)F)cc(C(F)(F)F)c3)ccc2c1)N1CCCNCC1. The first-order valence-electron chi connectivity index (χ1n) is 10.2. The third-order valence-electron chi connectivity index (χ3n) is 5.45. The lowest BCUT2D eigenvalue weighted by molar-refractivity contribution is -0.143. The molecule has 33 heavy (non-hydrogen) atoms. The van der Waals surface area contributed by atoms with E-state index in [0.29, 0.717) is 48.2 Å². The third kappa shape index (κ3) is 5.11. The zero-order valence-electron chi connectivity index (χ0n) is 17.2. The van der Waals surface area contributed by atoms with Gasteiger partial charge in [-0.1, -0.05) is 6.07 Å². The van der Waals surface area contributed by atoms with Crippen molar-refractivity contribution < 1.29 is 31.1 Å². The number of nitrogens with one attached hydrogen (secondary N) is 1. The molecule has 174 valence electrons. The minimum Gasteiger partial charge on any atom is -0.337 e. The molecule has 1 saturated heterocycles. The first-order chi connectivity index (χ1) is 15.5. The zero-order chi connectivity index (χ0) is 23.8. The molecule has 0 bridgehead atoms. The molecule has 3 aromatic rings. The molecule has 1 fully saturated rings. The highest BCUT2D eigenvalue weighted by atomic mass is 19.4. The zero-order valence-corrected chi connectivity index (χ0v) is 17.2. The third-order valence-corrected chi connectivity index (χ3v) is 5.45. The second-order valence-electron chi connectivity index (χ2n) is 7.79. The lowest BCUT2D eigenvalue weighted by atomic mass is 10.0. The maximum atomic E-state index is 13.2. The van der Waals surface area contributed by atoms with E-state index in [1.165, 1.54) is 12.1 Å². The Morgan fingerprint density at radius 3 is 2.21 bits per heavy atom. The topological polar surface area (TPSA) is 45.2 Å². The summed E-state index contributed by atoms with van der Waals surface area (Å²) in [5.41, 5.74) is -2.33. The number of fused-ring (bicyclic) bond motifs is 1. The number of hydrogen-bond donors (Lipinski definition) is 1. The summed E-state index contributed by atoms with van der Waals surface area (Å²) in [5, 5.41) is 3.77. The first-order valence-corrected chi connectivity index (χ1v) is 10.2. The molecule has 0 radical (unpaired) electrons. The molecule has 0 saturated carbocycles. The van der Waals surface area contributed by atoms with Crippen LogP contribution in [0.3, 0.4) is 0 Å². The van der Waals surface area contributed by atoms with Gasteiger partial charge in [0.1, 0.15) is 0 Å². The van der Waals surface area contributed by atoms with E-state index in [1.807, 2.05) is 0 Å². The predicted octanol–water partition coefficient (Wildman–Crippen LogP) is 5.37. The molecule has 1 N–H and O–H groups in total. The van der Waals surface area contributed by atoms with Crippen LogP contribution >= 0.6 is 0 Å². The van der Waals surface area contributed by atoms with E-state index in [1.54, 1.807) is 23.1 Å². The van der Waals surface area contributed by atoms with Crippen LogP contribution in [0.25, 0.3) is 22.2 Å². The monoisotopic (exact) mass is 467 g/mol. The normalized spacial score (nSPS) is 15.5. The second-order valence-corrected chi connectivity index (χ2v) is 7.79. The standard InChI is InChI=1S/C23H19F6N3O/c24-22(25,26)17-11-16(12-18(13-17)23(27,28)29)20-4-2-14-10-15(3-5-19(14)31-20)21(33)32-8-1-6-30-7-9-32/h2-5,10-13,30H,1,6-9H2. The Bertz CT molecular complexity index is 1150. The fourth-order valence-corrected chi connectivity index (χ4v) is 3.75. The lowest BCUT2D eigenvalue weighted by Crippen LogP contribution is -2.34. The molecule has 10 heteroatoms. The number of halogens is 6. The Morgan fingerprint density at radius 2 is 1.55 bits per heavy atom. The second kappa shape index (κ2) is 8.66. The van der Waals surface area contributed by atoms with Crippen molar-refractivity contribution >= 4 is 16.8 Å². The number of rotatable bonds is 2. The van der Waals surface area contributed by atoms with E-state index in [0.717, 1.165) is 13.0 Å². The van der Waals surface area contributed by atoms with Crippen molar-refractivity contribution in [2.75, 3.05) is 26.2 Å². The highest BCUT2D eigenvalue weighted by Gasteiger charge is 2.37. The van der Waals surface area contributed by atoms with E-state index in [-0.39, 0.29) is 23.2 Å². The van der Waals surface area contributed by atoms with Crippen LogP contribution < -0.4 is 5.32 Å². The Labute approximate surface area is 185 Å². The van der Waals surface area contributed by atoms with E-state index < -0.39 is 23.5 Å². The minimum absolute atomic E-state index is 0.0308. The summed E-state index contributed by atoms with van der Waals surface area (Å²) < 4.78 is 79.1. The molecular weight excluding hydrogens is 448 g/mol. The van der Waals surface area contributed by atoms with Crippen LogP contribution in [-0.4, -0.2) is 42.0 Å². The molecule has 0 spiro atoms. The van der Waals surface area contributed by atoms with Gasteiger partial charge in [0.05, 0.1) is 22.3 Å². The molecule has 0 unspecified atom stereocenters. The van der Waals surface area contributed by atoms with Gasteiger partial charge in [0.15, 0.2) is 0 Å². The van der Waals surface area contributed by atoms with Crippen molar-refractivity contribution in [2.45, 2.75) is 18.8 Å². The molecule has 4 rings (SSSR count). The van der Waals surface area contributed by atoms with Gasteiger partial charge in [-0.15, -0.1) is 0 Å². The van der Waals surface area contributed by atoms with Crippen LogP contribution in [0.2, 0.25) is 0 Å². The number of pyridine rings is 1. The summed E-state index contributed by atoms with van der Waals surface area (Å²) in [6.45, 7) is 2.73. The van der Waals surface area contributed by atoms with E-state index in [2.05, 4.69) is 10.3 Å². The highest BCUT2D eigenvalue weighted by Crippen LogP contribution is 2.38. The van der Waals surface area contributed by atoms with Crippen molar-refractivity contribution in [1.29, 1.82) is 0 Å². The summed E-state index contributed by atoms with van der Waals surface area (Å²) in [4.78, 5) is 18.8. The number of aromatic nitrogens is 1. The van der Waals surface area contributed by atoms with Gasteiger partial charge in [-0.2, -0.15) is 26.3 Å². The number of carbonyl (C=O) groups excluding carboxylic acids is 1. The van der Waals surface area contributed by atoms with Crippen LogP contribution in [0, 0.1) is 0 Å². The maximum absolute atomic E-state index is 13.2. The van der Waals surface area contributed by atoms with Gasteiger partial charge < -0.3 is 10.2 Å². The molecule has 1 aliphatic heterocycles. The largest absolute Gasteiger partial charge is 0.416 e. The van der Waals surface area contributed by atoms with Crippen LogP contribution in [-0.2, 0) is 12.4 Å². The van der Waals surface area contributed by atoms with Crippen LogP contribution in [0.5, 0.6) is 0 Å². The van der Waals surface area contributed by atoms with Gasteiger partial charge in [0, 0.05) is 36.1 Å². The highest BCUT2D eigenvalue weighted by molar-refractivity contribution is 5.98.